The zero-order valence-electron chi connectivity index (χ0n) is 13.8. The fourth-order valence-electron chi connectivity index (χ4n) is 3.57. The fraction of sp³-hybridized carbons (Fsp3) is 0.750. The monoisotopic (exact) mass is 306 g/mol. The molecular formula is C16H26N4O2. The molecule has 0 N–H and O–H groups in total. The number of aryl methyl sites for hydroxylation is 1. The molecule has 2 fully saturated rings. The molecule has 3 heterocycles. The summed E-state index contributed by atoms with van der Waals surface area (Å²) in [5.41, 5.74) is 1.19. The fourth-order valence-corrected chi connectivity index (χ4v) is 3.57. The summed E-state index contributed by atoms with van der Waals surface area (Å²) < 4.78 is 8.03. The predicted octanol–water partition coefficient (Wildman–Crippen LogP) is 1.02. The van der Waals surface area contributed by atoms with Crippen LogP contribution in [0.3, 0.4) is 0 Å². The van der Waals surface area contributed by atoms with Crippen LogP contribution in [0.5, 0.6) is 0 Å². The highest BCUT2D eigenvalue weighted by atomic mass is 16.5. The molecule has 6 nitrogen and oxygen atoms in total. The maximum Gasteiger partial charge on any atom is 0.251 e. The Hall–Kier alpha value is -1.40. The van der Waals surface area contributed by atoms with E-state index in [4.69, 9.17) is 4.74 Å². The second kappa shape index (κ2) is 6.01. The number of amides is 1. The highest BCUT2D eigenvalue weighted by Gasteiger charge is 2.44. The third-order valence-corrected chi connectivity index (χ3v) is 4.90. The van der Waals surface area contributed by atoms with Gasteiger partial charge in [-0.05, 0) is 25.7 Å². The molecule has 122 valence electrons. The van der Waals surface area contributed by atoms with Crippen molar-refractivity contribution >= 4 is 5.91 Å². The Bertz CT molecular complexity index is 532. The van der Waals surface area contributed by atoms with Gasteiger partial charge in [-0.15, -0.1) is 0 Å². The van der Waals surface area contributed by atoms with Gasteiger partial charge >= 0.3 is 0 Å². The minimum Gasteiger partial charge on any atom is -0.362 e. The van der Waals surface area contributed by atoms with E-state index in [1.54, 1.807) is 19.0 Å². The largest absolute Gasteiger partial charge is 0.362 e. The summed E-state index contributed by atoms with van der Waals surface area (Å²) >= 11 is 0. The Morgan fingerprint density at radius 3 is 2.73 bits per heavy atom. The average Bonchev–Trinajstić information content (AvgIpc) is 3.08. The van der Waals surface area contributed by atoms with Crippen molar-refractivity contribution in [2.45, 2.75) is 43.9 Å². The van der Waals surface area contributed by atoms with E-state index in [2.05, 4.69) is 16.2 Å². The Morgan fingerprint density at radius 2 is 2.14 bits per heavy atom. The first kappa shape index (κ1) is 15.5. The van der Waals surface area contributed by atoms with Crippen molar-refractivity contribution in [2.75, 3.05) is 27.2 Å². The number of piperidine rings is 1. The van der Waals surface area contributed by atoms with Crippen LogP contribution in [0.2, 0.25) is 0 Å². The van der Waals surface area contributed by atoms with Gasteiger partial charge in [0.25, 0.3) is 5.91 Å². The standard InChI is InChI=1S/C16H26N4O2/c1-18(2)15(21)14-4-5-16(22-14)6-8-20(9-7-16)12-13-10-17-19(3)11-13/h10-11,14H,4-9,12H2,1-3H3/t14-/m0/s1. The van der Waals surface area contributed by atoms with Crippen LogP contribution in [0, 0.1) is 0 Å². The molecule has 6 heteroatoms. The molecule has 1 spiro atoms. The highest BCUT2D eigenvalue weighted by molar-refractivity contribution is 5.80. The first-order valence-electron chi connectivity index (χ1n) is 8.06. The molecule has 0 bridgehead atoms. The van der Waals surface area contributed by atoms with E-state index in [1.165, 1.54) is 5.56 Å². The van der Waals surface area contributed by atoms with Gasteiger partial charge in [0.05, 0.1) is 11.8 Å². The first-order chi connectivity index (χ1) is 10.5. The van der Waals surface area contributed by atoms with E-state index >= 15 is 0 Å². The van der Waals surface area contributed by atoms with Crippen LogP contribution in [-0.2, 0) is 23.1 Å². The minimum atomic E-state index is -0.236. The predicted molar refractivity (Wildman–Crippen MR) is 83.3 cm³/mol. The second-order valence-corrected chi connectivity index (χ2v) is 6.86. The number of carbonyl (C=O) groups is 1. The maximum atomic E-state index is 12.1. The van der Waals surface area contributed by atoms with Crippen molar-refractivity contribution in [2.24, 2.45) is 7.05 Å². The summed E-state index contributed by atoms with van der Waals surface area (Å²) in [6.07, 6.45) is 7.68. The smallest absolute Gasteiger partial charge is 0.251 e. The minimum absolute atomic E-state index is 0.0677. The van der Waals surface area contributed by atoms with Gasteiger partial charge in [-0.2, -0.15) is 5.10 Å². The van der Waals surface area contributed by atoms with Crippen LogP contribution < -0.4 is 0 Å². The van der Waals surface area contributed by atoms with Gasteiger partial charge in [0.2, 0.25) is 0 Å². The van der Waals surface area contributed by atoms with Crippen molar-refractivity contribution in [3.63, 3.8) is 0 Å². The normalized spacial score (nSPS) is 24.8. The van der Waals surface area contributed by atoms with Crippen LogP contribution in [-0.4, -0.2) is 64.4 Å². The third-order valence-electron chi connectivity index (χ3n) is 4.90. The number of rotatable bonds is 3. The molecule has 0 radical (unpaired) electrons. The van der Waals surface area contributed by atoms with Gasteiger partial charge < -0.3 is 9.64 Å². The summed E-state index contributed by atoms with van der Waals surface area (Å²) in [4.78, 5) is 16.2. The maximum absolute atomic E-state index is 12.1. The molecule has 2 saturated heterocycles. The molecule has 2 aliphatic rings. The number of likely N-dealkylation sites (N-methyl/N-ethyl adjacent to an activating group) is 1. The van der Waals surface area contributed by atoms with Crippen molar-refractivity contribution in [1.29, 1.82) is 0 Å². The molecule has 0 saturated carbocycles. The van der Waals surface area contributed by atoms with Crippen LogP contribution in [0.4, 0.5) is 0 Å². The summed E-state index contributed by atoms with van der Waals surface area (Å²) in [7, 11) is 5.54. The Kier molecular flexibility index (Phi) is 4.23. The summed E-state index contributed by atoms with van der Waals surface area (Å²) in [6, 6.07) is 0. The van der Waals surface area contributed by atoms with Gasteiger partial charge in [0, 0.05) is 52.5 Å². The number of hydrogen-bond acceptors (Lipinski definition) is 4. The van der Waals surface area contributed by atoms with Gasteiger partial charge in [-0.25, -0.2) is 0 Å². The molecule has 1 aromatic heterocycles. The number of carbonyl (C=O) groups excluding carboxylic acids is 1. The van der Waals surface area contributed by atoms with Crippen molar-refractivity contribution in [1.82, 2.24) is 19.6 Å². The quantitative estimate of drug-likeness (QED) is 0.837. The number of likely N-dealkylation sites (tertiary alicyclic amines) is 1. The van der Waals surface area contributed by atoms with Crippen LogP contribution >= 0.6 is 0 Å². The highest BCUT2D eigenvalue weighted by Crippen LogP contribution is 2.39. The van der Waals surface area contributed by atoms with E-state index in [1.807, 2.05) is 17.9 Å². The SMILES string of the molecule is CN(C)C(=O)[C@@H]1CCC2(CCN(Cc3cnn(C)c3)CC2)O1. The summed E-state index contributed by atoms with van der Waals surface area (Å²) in [5, 5.41) is 4.22. The van der Waals surface area contributed by atoms with Gasteiger partial charge in [-0.3, -0.25) is 14.4 Å². The molecule has 22 heavy (non-hydrogen) atoms. The summed E-state index contributed by atoms with van der Waals surface area (Å²) in [5.74, 6) is 0.106. The molecular weight excluding hydrogens is 280 g/mol. The number of nitrogens with zero attached hydrogens (tertiary/aromatic N) is 4. The van der Waals surface area contributed by atoms with Gasteiger partial charge in [-0.1, -0.05) is 0 Å². The molecule has 0 aliphatic carbocycles. The molecule has 1 atom stereocenters. The lowest BCUT2D eigenvalue weighted by Crippen LogP contribution is -2.45. The summed E-state index contributed by atoms with van der Waals surface area (Å²) in [6.45, 7) is 3.00. The van der Waals surface area contributed by atoms with Crippen molar-refractivity contribution in [3.05, 3.63) is 18.0 Å². The molecule has 0 unspecified atom stereocenters. The second-order valence-electron chi connectivity index (χ2n) is 6.86. The lowest BCUT2D eigenvalue weighted by molar-refractivity contribution is -0.148. The Labute approximate surface area is 132 Å². The van der Waals surface area contributed by atoms with Gasteiger partial charge in [0.1, 0.15) is 6.10 Å². The Balaban J connectivity index is 1.52. The molecule has 1 aromatic rings. The lowest BCUT2D eigenvalue weighted by Gasteiger charge is -2.39. The topological polar surface area (TPSA) is 50.6 Å². The van der Waals surface area contributed by atoms with Crippen molar-refractivity contribution in [3.8, 4) is 0 Å². The van der Waals surface area contributed by atoms with Crippen LogP contribution in [0.15, 0.2) is 12.4 Å². The number of ether oxygens (including phenoxy) is 1. The number of hydrogen-bond donors (Lipinski definition) is 0. The van der Waals surface area contributed by atoms with E-state index in [0.29, 0.717) is 0 Å². The van der Waals surface area contributed by atoms with E-state index in [-0.39, 0.29) is 17.6 Å². The molecule has 3 rings (SSSR count). The third kappa shape index (κ3) is 3.17. The van der Waals surface area contributed by atoms with Crippen LogP contribution in [0.25, 0.3) is 0 Å². The molecule has 1 amide bonds. The average molecular weight is 306 g/mol. The molecule has 0 aromatic carbocycles. The molecule has 2 aliphatic heterocycles. The van der Waals surface area contributed by atoms with Crippen LogP contribution in [0.1, 0.15) is 31.2 Å². The van der Waals surface area contributed by atoms with E-state index < -0.39 is 0 Å². The first-order valence-corrected chi connectivity index (χ1v) is 8.06. The Morgan fingerprint density at radius 1 is 1.41 bits per heavy atom. The van der Waals surface area contributed by atoms with E-state index in [9.17, 15) is 4.79 Å². The zero-order valence-corrected chi connectivity index (χ0v) is 13.8. The number of aromatic nitrogens is 2. The lowest BCUT2D eigenvalue weighted by atomic mass is 9.88. The van der Waals surface area contributed by atoms with Gasteiger partial charge in [0.15, 0.2) is 0 Å². The van der Waals surface area contributed by atoms with Crippen molar-refractivity contribution < 1.29 is 9.53 Å². The van der Waals surface area contributed by atoms with E-state index in [0.717, 1.165) is 45.3 Å². The zero-order chi connectivity index (χ0) is 15.7.